The molecule has 94 heavy (non-hydrogen) atoms. The summed E-state index contributed by atoms with van der Waals surface area (Å²) < 4.78 is 25.1. The molecule has 16 rings (SSSR count). The van der Waals surface area contributed by atoms with E-state index in [2.05, 4.69) is 0 Å². The first-order chi connectivity index (χ1) is 45.9. The smallest absolute Gasteiger partial charge is 0.333 e. The molecular weight excluding hydrogens is 1220 g/mol. The summed E-state index contributed by atoms with van der Waals surface area (Å²) in [6.07, 6.45) is 7.36. The monoisotopic (exact) mass is 1270 g/mol. The fourth-order valence-electron chi connectivity index (χ4n) is 13.6. The van der Waals surface area contributed by atoms with Crippen molar-refractivity contribution >= 4 is 111 Å². The minimum absolute atomic E-state index is 0.140. The zero-order valence-electron chi connectivity index (χ0n) is 49.5. The van der Waals surface area contributed by atoms with Gasteiger partial charge in [-0.15, -0.1) is 22.7 Å². The van der Waals surface area contributed by atoms with Crippen LogP contribution in [0, 0.1) is 11.8 Å². The highest BCUT2D eigenvalue weighted by atomic mass is 32.1. The lowest BCUT2D eigenvalue weighted by molar-refractivity contribution is -0.166. The predicted molar refractivity (Wildman–Crippen MR) is 359 cm³/mol. The number of benzene rings is 8. The van der Waals surface area contributed by atoms with Gasteiger partial charge < -0.3 is 18.9 Å². The summed E-state index contributed by atoms with van der Waals surface area (Å²) in [6.45, 7) is -0.934. The Bertz CT molecular complexity index is 5110. The Hall–Kier alpha value is -11.5. The molecule has 454 valence electrons. The van der Waals surface area contributed by atoms with Gasteiger partial charge in [0.1, 0.15) is 36.4 Å². The fraction of sp³-hybridized carbons (Fsp3) is 0.103. The van der Waals surface area contributed by atoms with Gasteiger partial charge in [0.05, 0.1) is 0 Å². The van der Waals surface area contributed by atoms with Crippen LogP contribution in [-0.4, -0.2) is 23.9 Å². The molecule has 0 saturated heterocycles. The standard InChI is InChI=1S/C78H48N2O12S2/c81-67-53-29-47-25-13-14-26-48(47)30-54(53)68(82)65(67)79-63-37-61-71(93-63)57-33-52-36-60-58(34-51(52)35-59(57)77(61,73(85)89-39-43-17-5-1-6-18-43)74(86)90-40-44-19-7-2-8-20-44)72-62(38-64(94-72)80-66-69(83)55-31-49-27-15-16-28-50(49)32-56(55)70(66)84)78(60,75(87)91-41-45-21-9-3-10-22-45)76(88)92-42-46-23-11-4-12-24-46/h1-38,51-52H,39-42H2. The first-order valence-corrected chi connectivity index (χ1v) is 31.9. The number of carbonyl (C=O) groups excluding carboxylic acids is 4. The molecule has 0 amide bonds. The third kappa shape index (κ3) is 9.26. The van der Waals surface area contributed by atoms with Crippen molar-refractivity contribution in [2.45, 2.75) is 37.3 Å². The molecule has 2 atom stereocenters. The summed E-state index contributed by atoms with van der Waals surface area (Å²) in [5.74, 6) is -5.31. The number of fused-ring (bicyclic) bond motifs is 11. The third-order valence-electron chi connectivity index (χ3n) is 18.1. The van der Waals surface area contributed by atoms with Crippen LogP contribution in [0.5, 0.6) is 0 Å². The minimum atomic E-state index is -2.35. The number of hydrogen-bond donors (Lipinski definition) is 0. The van der Waals surface area contributed by atoms with Crippen LogP contribution in [0.2, 0.25) is 0 Å². The van der Waals surface area contributed by atoms with Gasteiger partial charge in [-0.2, -0.15) is 0 Å². The van der Waals surface area contributed by atoms with E-state index in [4.69, 9.17) is 28.9 Å². The van der Waals surface area contributed by atoms with Crippen LogP contribution in [0.4, 0.5) is 10.0 Å². The van der Waals surface area contributed by atoms with Gasteiger partial charge in [0.25, 0.3) is 0 Å². The molecule has 0 saturated carbocycles. The highest BCUT2D eigenvalue weighted by Crippen LogP contribution is 2.63. The molecular formula is C78H48N2O12S2. The Morgan fingerprint density at radius 3 is 0.894 bits per heavy atom. The zero-order chi connectivity index (χ0) is 64.0. The van der Waals surface area contributed by atoms with Crippen molar-refractivity contribution in [3.63, 3.8) is 0 Å². The van der Waals surface area contributed by atoms with Crippen molar-refractivity contribution in [3.8, 4) is 0 Å². The molecule has 2 unspecified atom stereocenters. The quantitative estimate of drug-likeness (QED) is 0.0568. The Labute approximate surface area is 541 Å². The second kappa shape index (κ2) is 22.7. The van der Waals surface area contributed by atoms with Crippen LogP contribution in [0.15, 0.2) is 271 Å². The number of esters is 4. The Morgan fingerprint density at radius 2 is 0.617 bits per heavy atom. The fourth-order valence-corrected chi connectivity index (χ4v) is 15.8. The van der Waals surface area contributed by atoms with Crippen molar-refractivity contribution in [1.29, 1.82) is 0 Å². The van der Waals surface area contributed by atoms with Gasteiger partial charge in [0.15, 0.2) is 10.7 Å². The van der Waals surface area contributed by atoms with Crippen molar-refractivity contribution in [3.05, 3.63) is 336 Å². The van der Waals surface area contributed by atoms with Crippen LogP contribution in [0.3, 0.4) is 0 Å². The molecule has 2 aromatic heterocycles. The van der Waals surface area contributed by atoms with E-state index in [1.165, 1.54) is 12.1 Å². The summed E-state index contributed by atoms with van der Waals surface area (Å²) in [5.41, 5.74) is -2.91. The molecule has 14 nitrogen and oxygen atoms in total. The van der Waals surface area contributed by atoms with Crippen molar-refractivity contribution < 1.29 is 38.1 Å². The lowest BCUT2D eigenvalue weighted by atomic mass is 9.68. The highest BCUT2D eigenvalue weighted by Gasteiger charge is 2.64. The Kier molecular flexibility index (Phi) is 13.9. The summed E-state index contributed by atoms with van der Waals surface area (Å²) in [6, 6.07) is 60.5. The highest BCUT2D eigenvalue weighted by molar-refractivity contribution is 7.17. The summed E-state index contributed by atoms with van der Waals surface area (Å²) in [7, 11) is 0. The Morgan fingerprint density at radius 1 is 0.351 bits per heavy atom. The summed E-state index contributed by atoms with van der Waals surface area (Å²) >= 11 is 2.13. The van der Waals surface area contributed by atoms with Crippen LogP contribution in [0.25, 0.3) is 54.2 Å². The summed E-state index contributed by atoms with van der Waals surface area (Å²) in [5, 5.41) is 3.47. The van der Waals surface area contributed by atoms with Crippen LogP contribution >= 0.6 is 22.7 Å². The van der Waals surface area contributed by atoms with Crippen molar-refractivity contribution in [2.75, 3.05) is 0 Å². The van der Waals surface area contributed by atoms with Gasteiger partial charge >= 0.3 is 23.9 Å². The molecule has 4 aliphatic carbocycles. The van der Waals surface area contributed by atoms with Gasteiger partial charge in [-0.05, 0) is 102 Å². The lowest BCUT2D eigenvalue weighted by Crippen LogP contribution is -2.47. The molecule has 2 heterocycles. The molecule has 10 aromatic carbocycles. The molecule has 0 spiro atoms. The minimum Gasteiger partial charge on any atom is -0.459 e. The van der Waals surface area contributed by atoms with E-state index in [1.54, 1.807) is 121 Å². The van der Waals surface area contributed by atoms with Gasteiger partial charge in [0, 0.05) is 54.3 Å². The maximum absolute atomic E-state index is 15.8. The van der Waals surface area contributed by atoms with Crippen LogP contribution < -0.4 is 32.4 Å². The number of allylic oxidation sites excluding steroid dienone is 6. The van der Waals surface area contributed by atoms with Crippen molar-refractivity contribution in [1.82, 2.24) is 0 Å². The Balaban J connectivity index is 0.899. The van der Waals surface area contributed by atoms with Crippen LogP contribution in [-0.2, 0) is 75.4 Å². The zero-order valence-corrected chi connectivity index (χ0v) is 51.2. The van der Waals surface area contributed by atoms with E-state index in [9.17, 15) is 19.2 Å². The van der Waals surface area contributed by atoms with E-state index >= 15 is 19.2 Å². The first kappa shape index (κ1) is 57.7. The van der Waals surface area contributed by atoms with E-state index < -0.39 is 68.3 Å². The molecule has 0 radical (unpaired) electrons. The molecule has 4 aliphatic rings. The van der Waals surface area contributed by atoms with Gasteiger partial charge in [-0.3, -0.25) is 38.4 Å². The number of carbonyl (C=O) groups is 4. The molecule has 12 aromatic rings. The lowest BCUT2D eigenvalue weighted by Gasteiger charge is -2.35. The number of nitrogens with zero attached hydrogens (tertiary/aromatic N) is 2. The number of thiophene rings is 2. The van der Waals surface area contributed by atoms with Gasteiger partial charge in [0.2, 0.25) is 32.5 Å². The topological polar surface area (TPSA) is 198 Å². The SMILES string of the molecule is O=C(OCc1ccccc1)C1(C(=O)OCc2ccccc2)C2=CC3C=C4C(=CC3C=C2c2sc(N=c3c(=O)c5cc6ccccc6cc5c3=O)cc21)C(C(=O)OCc1ccccc1)(C(=O)OCc1ccccc1)c1cc(N=c2c(=O)c3cc5ccccc5cc3c2=O)sc14. The number of rotatable bonds is 14. The van der Waals surface area contributed by atoms with Crippen LogP contribution in [0.1, 0.15) is 43.1 Å². The number of ether oxygens (including phenoxy) is 4. The van der Waals surface area contributed by atoms with Gasteiger partial charge in [-0.25, -0.2) is 9.98 Å². The third-order valence-corrected chi connectivity index (χ3v) is 20.3. The molecule has 0 fully saturated rings. The van der Waals surface area contributed by atoms with E-state index in [-0.39, 0.29) is 91.0 Å². The maximum Gasteiger partial charge on any atom is 0.333 e. The average Bonchev–Trinajstić information content (AvgIpc) is 1.52. The predicted octanol–water partition coefficient (Wildman–Crippen LogP) is 12.1. The molecule has 0 N–H and O–H groups in total. The average molecular weight is 1270 g/mol. The van der Waals surface area contributed by atoms with Gasteiger partial charge in [-0.1, -0.05) is 194 Å². The summed E-state index contributed by atoms with van der Waals surface area (Å²) in [4.78, 5) is 131. The van der Waals surface area contributed by atoms with E-state index in [0.29, 0.717) is 43.2 Å². The normalized spacial score (nSPS) is 16.2. The first-order valence-electron chi connectivity index (χ1n) is 30.3. The largest absolute Gasteiger partial charge is 0.459 e. The maximum atomic E-state index is 15.8. The molecule has 16 heteroatoms. The molecule has 0 bridgehead atoms. The van der Waals surface area contributed by atoms with Crippen molar-refractivity contribution in [2.24, 2.45) is 21.8 Å². The van der Waals surface area contributed by atoms with E-state index in [1.807, 2.05) is 97.1 Å². The van der Waals surface area contributed by atoms with E-state index in [0.717, 1.165) is 44.2 Å². The molecule has 0 aliphatic heterocycles. The second-order valence-corrected chi connectivity index (χ2v) is 25.7. The second-order valence-electron chi connectivity index (χ2n) is 23.6. The number of hydrogen-bond acceptors (Lipinski definition) is 16.